The Morgan fingerprint density at radius 3 is 2.38 bits per heavy atom. The highest BCUT2D eigenvalue weighted by atomic mass is 16.3. The zero-order valence-corrected chi connectivity index (χ0v) is 22.0. The highest BCUT2D eigenvalue weighted by Gasteiger charge is 2.69. The summed E-state index contributed by atoms with van der Waals surface area (Å²) >= 11 is 0. The molecule has 6 atom stereocenters. The van der Waals surface area contributed by atoms with Crippen molar-refractivity contribution in [1.29, 1.82) is 0 Å². The number of pyridine rings is 1. The van der Waals surface area contributed by atoms with Crippen LogP contribution >= 0.6 is 0 Å². The van der Waals surface area contributed by atoms with Crippen LogP contribution in [0.3, 0.4) is 0 Å². The van der Waals surface area contributed by atoms with Crippen LogP contribution in [-0.2, 0) is 30.4 Å². The first-order chi connectivity index (χ1) is 18.8. The van der Waals surface area contributed by atoms with Crippen LogP contribution < -0.4 is 11.1 Å². The maximum atomic E-state index is 13.9. The molecule has 0 spiro atoms. The zero-order valence-electron chi connectivity index (χ0n) is 22.0. The van der Waals surface area contributed by atoms with Crippen LogP contribution in [0, 0.1) is 23.7 Å². The van der Waals surface area contributed by atoms with Gasteiger partial charge < -0.3 is 21.3 Å². The number of aromatic hydroxyl groups is 1. The predicted octanol–water partition coefficient (Wildman–Crippen LogP) is -0.113. The third-order valence-electron chi connectivity index (χ3n) is 8.32. The second-order valence-electron chi connectivity index (χ2n) is 10.9. The molecule has 1 aromatic carbocycles. The first-order valence-corrected chi connectivity index (χ1v) is 12.7. The van der Waals surface area contributed by atoms with Crippen LogP contribution in [0.5, 0.6) is 5.75 Å². The van der Waals surface area contributed by atoms with Crippen molar-refractivity contribution in [2.24, 2.45) is 29.4 Å². The van der Waals surface area contributed by atoms with Crippen LogP contribution in [-0.4, -0.2) is 80.8 Å². The number of carbonyl (C=O) groups is 6. The van der Waals surface area contributed by atoms with Gasteiger partial charge in [-0.3, -0.25) is 33.7 Å². The molecule has 5 N–H and O–H groups in total. The molecule has 3 aliphatic carbocycles. The van der Waals surface area contributed by atoms with Crippen LogP contribution in [0.1, 0.15) is 29.3 Å². The van der Waals surface area contributed by atoms with E-state index in [0.717, 1.165) is 0 Å². The summed E-state index contributed by atoms with van der Waals surface area (Å²) in [6.07, 6.45) is 1.59. The number of hydrogen-bond acceptors (Lipinski definition) is 10. The Hall–Kier alpha value is -4.29. The summed E-state index contributed by atoms with van der Waals surface area (Å²) in [4.78, 5) is 83.3. The third-order valence-corrected chi connectivity index (χ3v) is 8.32. The quantitative estimate of drug-likeness (QED) is 0.374. The van der Waals surface area contributed by atoms with Crippen molar-refractivity contribution < 1.29 is 39.0 Å². The summed E-state index contributed by atoms with van der Waals surface area (Å²) in [5.74, 6) is -10.9. The van der Waals surface area contributed by atoms with Crippen molar-refractivity contribution in [3.05, 3.63) is 41.6 Å². The molecule has 1 aromatic heterocycles. The van der Waals surface area contributed by atoms with E-state index in [2.05, 4.69) is 10.3 Å². The molecule has 0 saturated heterocycles. The maximum absolute atomic E-state index is 13.9. The lowest BCUT2D eigenvalue weighted by Gasteiger charge is -2.52. The van der Waals surface area contributed by atoms with Gasteiger partial charge in [-0.15, -0.1) is 0 Å². The van der Waals surface area contributed by atoms with E-state index in [1.54, 1.807) is 18.2 Å². The van der Waals surface area contributed by atoms with Crippen molar-refractivity contribution in [3.63, 3.8) is 0 Å². The number of nitrogens with zero attached hydrogens (tertiary/aromatic N) is 2. The van der Waals surface area contributed by atoms with Gasteiger partial charge in [0.05, 0.1) is 17.5 Å². The Morgan fingerprint density at radius 1 is 1.10 bits per heavy atom. The molecule has 12 nitrogen and oxygen atoms in total. The van der Waals surface area contributed by atoms with Crippen LogP contribution in [0.2, 0.25) is 0 Å². The van der Waals surface area contributed by atoms with Gasteiger partial charge in [0.2, 0.25) is 11.8 Å². The van der Waals surface area contributed by atoms with E-state index in [-0.39, 0.29) is 30.1 Å². The fraction of sp³-hybridized carbons (Fsp3) is 0.393. The lowest BCUT2D eigenvalue weighted by molar-refractivity contribution is -0.181. The van der Waals surface area contributed by atoms with Gasteiger partial charge in [0.15, 0.2) is 34.7 Å². The molecular weight excluding hydrogens is 520 g/mol. The smallest absolute Gasteiger partial charge is 0.235 e. The number of phenols is 1. The summed E-state index contributed by atoms with van der Waals surface area (Å²) < 4.78 is 0. The highest BCUT2D eigenvalue weighted by Crippen LogP contribution is 2.51. The summed E-state index contributed by atoms with van der Waals surface area (Å²) in [7, 11) is 3.06. The topological polar surface area (TPSA) is 197 Å². The first-order valence-electron chi connectivity index (χ1n) is 12.7. The fourth-order valence-corrected chi connectivity index (χ4v) is 6.68. The number of ketones is 4. The molecule has 2 amide bonds. The van der Waals surface area contributed by atoms with E-state index < -0.39 is 64.4 Å². The third kappa shape index (κ3) is 3.86. The van der Waals surface area contributed by atoms with Gasteiger partial charge in [-0.1, -0.05) is 6.07 Å². The minimum Gasteiger partial charge on any atom is -0.507 e. The molecule has 0 bridgehead atoms. The van der Waals surface area contributed by atoms with Gasteiger partial charge >= 0.3 is 0 Å². The van der Waals surface area contributed by atoms with Gasteiger partial charge in [-0.2, -0.15) is 0 Å². The molecule has 1 heterocycles. The molecule has 12 heteroatoms. The van der Waals surface area contributed by atoms with Gasteiger partial charge in [0.25, 0.3) is 0 Å². The molecule has 0 radical (unpaired) electrons. The van der Waals surface area contributed by atoms with E-state index in [4.69, 9.17) is 5.73 Å². The molecule has 0 aliphatic heterocycles. The summed E-state index contributed by atoms with van der Waals surface area (Å²) in [5, 5.41) is 24.9. The summed E-state index contributed by atoms with van der Waals surface area (Å²) in [6, 6.07) is 5.04. The second kappa shape index (κ2) is 9.42. The molecular formula is C28H28N4O8. The first kappa shape index (κ1) is 27.3. The minimum atomic E-state index is -2.77. The maximum Gasteiger partial charge on any atom is 0.235 e. The van der Waals surface area contributed by atoms with Crippen molar-refractivity contribution in [2.45, 2.75) is 31.4 Å². The van der Waals surface area contributed by atoms with Crippen LogP contribution in [0.4, 0.5) is 5.82 Å². The fourth-order valence-electron chi connectivity index (χ4n) is 6.68. The lowest BCUT2D eigenvalue weighted by atomic mass is 9.52. The Bertz CT molecular complexity index is 1500. The molecule has 5 rings (SSSR count). The molecule has 40 heavy (non-hydrogen) atoms. The average Bonchev–Trinajstić information content (AvgIpc) is 2.86. The summed E-state index contributed by atoms with van der Waals surface area (Å²) in [5.41, 5.74) is 4.09. The number of carbonyl (C=O) groups excluding carboxylic acids is 6. The van der Waals surface area contributed by atoms with Gasteiger partial charge in [-0.05, 0) is 62.2 Å². The molecule has 208 valence electrons. The van der Waals surface area contributed by atoms with Gasteiger partial charge in [-0.25, -0.2) is 4.98 Å². The van der Waals surface area contributed by atoms with Gasteiger partial charge in [0, 0.05) is 24.6 Å². The van der Waals surface area contributed by atoms with E-state index >= 15 is 0 Å². The zero-order chi connectivity index (χ0) is 29.3. The Kier molecular flexibility index (Phi) is 6.42. The van der Waals surface area contributed by atoms with Crippen molar-refractivity contribution in [3.8, 4) is 16.9 Å². The highest BCUT2D eigenvalue weighted by molar-refractivity contribution is 6.32. The monoisotopic (exact) mass is 548 g/mol. The van der Waals surface area contributed by atoms with Crippen LogP contribution in [0.15, 0.2) is 30.5 Å². The number of nitrogens with two attached hydrogens (primary N) is 1. The Balaban J connectivity index is 1.61. The number of phenolic OH excluding ortho intramolecular Hbond substituents is 1. The normalized spacial score (nSPS) is 29.5. The van der Waals surface area contributed by atoms with Crippen molar-refractivity contribution >= 4 is 40.8 Å². The number of fused-ring (bicyclic) bond motifs is 3. The number of aromatic nitrogens is 1. The number of Topliss-reactive ketones (excluding diaryl/α,β-unsaturated/α-hetero) is 4. The van der Waals surface area contributed by atoms with E-state index in [9.17, 15) is 39.0 Å². The van der Waals surface area contributed by atoms with Crippen molar-refractivity contribution in [2.75, 3.05) is 19.4 Å². The number of benzene rings is 1. The number of anilines is 1. The predicted molar refractivity (Wildman–Crippen MR) is 139 cm³/mol. The molecule has 2 saturated carbocycles. The number of likely N-dealkylation sites (N-methyl/N-ethyl adjacent to an activating group) is 1. The van der Waals surface area contributed by atoms with E-state index in [0.29, 0.717) is 22.5 Å². The lowest BCUT2D eigenvalue weighted by Crippen LogP contribution is -2.74. The second-order valence-corrected chi connectivity index (χ2v) is 10.9. The van der Waals surface area contributed by atoms with E-state index in [1.165, 1.54) is 38.2 Å². The van der Waals surface area contributed by atoms with Crippen LogP contribution in [0.25, 0.3) is 11.1 Å². The van der Waals surface area contributed by atoms with Gasteiger partial charge in [0.1, 0.15) is 11.6 Å². The molecule has 3 aliphatic rings. The molecule has 2 aromatic rings. The number of primary amides is 1. The standard InChI is InChI=1S/C28H28N4O8/c1-11(33)31-18-7-4-12(10-30-18)14-5-6-17(34)20-15(14)8-13-9-16-22(32(2)3)24(36)21(27(29)39)26(38)28(16,40)25(37)19(13)23(20)35/h4-7,10,13,16,19,21-22,34,40H,8-9H2,1-3H3,(H2,29,39)(H,30,31,33)/t13-,16-,19?,21?,22?,28+/m0/s1. The minimum absolute atomic E-state index is 0.0429. The molecule has 3 unspecified atom stereocenters. The largest absolute Gasteiger partial charge is 0.507 e. The number of amides is 2. The Labute approximate surface area is 228 Å². The van der Waals surface area contributed by atoms with Crippen molar-refractivity contribution in [1.82, 2.24) is 9.88 Å². The summed E-state index contributed by atoms with van der Waals surface area (Å²) in [6.45, 7) is 1.35. The number of hydrogen-bond donors (Lipinski definition) is 4. The van der Waals surface area contributed by atoms with E-state index in [1.807, 2.05) is 0 Å². The Morgan fingerprint density at radius 2 is 1.80 bits per heavy atom. The number of nitrogens with one attached hydrogen (secondary N) is 1. The SMILES string of the molecule is CC(=O)Nc1ccc(-c2ccc(O)c3c2C[C@H]2C[C@H]4C(N(C)C)C(=O)C(C(N)=O)C(=O)[C@]4(O)C(=O)C2C3=O)cn1. The average molecular weight is 549 g/mol. The number of aliphatic hydroxyl groups is 1. The molecule has 2 fully saturated rings. The number of rotatable bonds is 4.